The molecule has 2 aliphatic rings. The van der Waals surface area contributed by atoms with Crippen LogP contribution in [0.3, 0.4) is 0 Å². The number of carbonyl (C=O) groups is 1. The Morgan fingerprint density at radius 3 is 2.13 bits per heavy atom. The normalized spacial score (nSPS) is 27.5. The smallest absolute Gasteiger partial charge is 0.120 e. The van der Waals surface area contributed by atoms with Crippen LogP contribution in [0.5, 0.6) is 0 Å². The summed E-state index contributed by atoms with van der Waals surface area (Å²) in [5.41, 5.74) is 0.431. The molecule has 15 heavy (non-hydrogen) atoms. The molecule has 0 aromatic carbocycles. The second-order valence-corrected chi connectivity index (χ2v) is 5.63. The molecule has 2 saturated carbocycles. The molecule has 0 radical (unpaired) electrons. The van der Waals surface area contributed by atoms with Crippen molar-refractivity contribution < 1.29 is 4.79 Å². The monoisotopic (exact) mass is 208 g/mol. The van der Waals surface area contributed by atoms with Crippen LogP contribution in [-0.2, 0) is 4.79 Å². The molecule has 1 nitrogen and oxygen atoms in total. The summed E-state index contributed by atoms with van der Waals surface area (Å²) in [6.07, 6.45) is 15.9. The number of hydrogen-bond acceptors (Lipinski definition) is 1. The van der Waals surface area contributed by atoms with Crippen LogP contribution in [0, 0.1) is 11.3 Å². The van der Waals surface area contributed by atoms with E-state index in [0.717, 1.165) is 12.3 Å². The number of aldehydes is 1. The fourth-order valence-corrected chi connectivity index (χ4v) is 3.92. The summed E-state index contributed by atoms with van der Waals surface area (Å²) >= 11 is 0. The molecule has 2 aliphatic carbocycles. The minimum Gasteiger partial charge on any atom is -0.303 e. The molecule has 0 amide bonds. The molecule has 2 rings (SSSR count). The second kappa shape index (κ2) is 5.14. The Labute approximate surface area is 93.6 Å². The van der Waals surface area contributed by atoms with Crippen LogP contribution in [0.4, 0.5) is 0 Å². The van der Waals surface area contributed by atoms with E-state index in [0.29, 0.717) is 5.41 Å². The summed E-state index contributed by atoms with van der Waals surface area (Å²) in [4.78, 5) is 10.9. The summed E-state index contributed by atoms with van der Waals surface area (Å²) in [5, 5.41) is 0. The molecule has 1 heteroatoms. The zero-order valence-electron chi connectivity index (χ0n) is 9.84. The molecular weight excluding hydrogens is 184 g/mol. The van der Waals surface area contributed by atoms with Crippen LogP contribution >= 0.6 is 0 Å². The molecule has 2 fully saturated rings. The average molecular weight is 208 g/mol. The van der Waals surface area contributed by atoms with Crippen molar-refractivity contribution in [2.24, 2.45) is 11.3 Å². The molecule has 0 aromatic rings. The summed E-state index contributed by atoms with van der Waals surface area (Å²) in [6.45, 7) is 0. The molecule has 0 aromatic heterocycles. The quantitative estimate of drug-likeness (QED) is 0.638. The lowest BCUT2D eigenvalue weighted by molar-refractivity contribution is -0.111. The van der Waals surface area contributed by atoms with Crippen molar-refractivity contribution >= 4 is 6.29 Å². The fourth-order valence-electron chi connectivity index (χ4n) is 3.92. The first-order valence-electron chi connectivity index (χ1n) is 6.81. The van der Waals surface area contributed by atoms with Crippen molar-refractivity contribution in [1.82, 2.24) is 0 Å². The van der Waals surface area contributed by atoms with Crippen LogP contribution in [-0.4, -0.2) is 6.29 Å². The zero-order chi connectivity index (χ0) is 10.6. The van der Waals surface area contributed by atoms with E-state index in [1.165, 1.54) is 70.5 Å². The van der Waals surface area contributed by atoms with Gasteiger partial charge in [-0.05, 0) is 37.0 Å². The molecule has 86 valence electrons. The Morgan fingerprint density at radius 1 is 0.933 bits per heavy atom. The lowest BCUT2D eigenvalue weighted by atomic mass is 9.60. The van der Waals surface area contributed by atoms with Gasteiger partial charge in [-0.1, -0.05) is 38.5 Å². The zero-order valence-corrected chi connectivity index (χ0v) is 9.84. The van der Waals surface area contributed by atoms with Gasteiger partial charge in [0.15, 0.2) is 0 Å². The molecule has 0 bridgehead atoms. The molecule has 0 saturated heterocycles. The van der Waals surface area contributed by atoms with Gasteiger partial charge in [0.05, 0.1) is 0 Å². The third-order valence-corrected chi connectivity index (χ3v) is 4.81. The van der Waals surface area contributed by atoms with E-state index in [1.54, 1.807) is 0 Å². The Kier molecular flexibility index (Phi) is 3.82. The lowest BCUT2D eigenvalue weighted by Gasteiger charge is -2.44. The average Bonchev–Trinajstić information content (AvgIpc) is 2.32. The number of carbonyl (C=O) groups excluding carboxylic acids is 1. The Hall–Kier alpha value is -0.330. The van der Waals surface area contributed by atoms with Crippen molar-refractivity contribution in [3.05, 3.63) is 0 Å². The maximum atomic E-state index is 10.9. The van der Waals surface area contributed by atoms with Crippen molar-refractivity contribution in [2.45, 2.75) is 70.6 Å². The van der Waals surface area contributed by atoms with E-state index in [4.69, 9.17) is 0 Å². The molecule has 0 unspecified atom stereocenters. The highest BCUT2D eigenvalue weighted by atomic mass is 16.1. The van der Waals surface area contributed by atoms with Gasteiger partial charge in [-0.3, -0.25) is 0 Å². The minimum absolute atomic E-state index is 0.431. The molecule has 0 N–H and O–H groups in total. The van der Waals surface area contributed by atoms with Crippen LogP contribution in [0.2, 0.25) is 0 Å². The van der Waals surface area contributed by atoms with Gasteiger partial charge in [0.1, 0.15) is 6.29 Å². The van der Waals surface area contributed by atoms with E-state index in [-0.39, 0.29) is 0 Å². The van der Waals surface area contributed by atoms with Crippen molar-refractivity contribution in [3.8, 4) is 0 Å². The summed E-state index contributed by atoms with van der Waals surface area (Å²) < 4.78 is 0. The first-order chi connectivity index (χ1) is 7.37. The SMILES string of the molecule is O=CCC1(C2CCCCC2)CCCCC1. The highest BCUT2D eigenvalue weighted by Crippen LogP contribution is 2.49. The van der Waals surface area contributed by atoms with Crippen molar-refractivity contribution in [2.75, 3.05) is 0 Å². The highest BCUT2D eigenvalue weighted by Gasteiger charge is 2.39. The highest BCUT2D eigenvalue weighted by molar-refractivity contribution is 5.51. The topological polar surface area (TPSA) is 17.1 Å². The van der Waals surface area contributed by atoms with Gasteiger partial charge in [0, 0.05) is 6.42 Å². The second-order valence-electron chi connectivity index (χ2n) is 5.63. The van der Waals surface area contributed by atoms with Gasteiger partial charge in [0.2, 0.25) is 0 Å². The Balaban J connectivity index is 2.04. The fraction of sp³-hybridized carbons (Fsp3) is 0.929. The maximum absolute atomic E-state index is 10.9. The summed E-state index contributed by atoms with van der Waals surface area (Å²) in [7, 11) is 0. The van der Waals surface area contributed by atoms with E-state index >= 15 is 0 Å². The molecule has 0 aliphatic heterocycles. The van der Waals surface area contributed by atoms with E-state index in [2.05, 4.69) is 0 Å². The number of hydrogen-bond donors (Lipinski definition) is 0. The van der Waals surface area contributed by atoms with Gasteiger partial charge in [0.25, 0.3) is 0 Å². The van der Waals surface area contributed by atoms with Crippen molar-refractivity contribution in [1.29, 1.82) is 0 Å². The predicted molar refractivity (Wildman–Crippen MR) is 62.8 cm³/mol. The minimum atomic E-state index is 0.431. The predicted octanol–water partition coefficient (Wildman–Crippen LogP) is 4.11. The van der Waals surface area contributed by atoms with Gasteiger partial charge in [-0.25, -0.2) is 0 Å². The largest absolute Gasteiger partial charge is 0.303 e. The number of rotatable bonds is 3. The summed E-state index contributed by atoms with van der Waals surface area (Å²) in [5.74, 6) is 0.872. The van der Waals surface area contributed by atoms with Gasteiger partial charge < -0.3 is 4.79 Å². The van der Waals surface area contributed by atoms with E-state index < -0.39 is 0 Å². The standard InChI is InChI=1S/C14H24O/c15-12-11-14(9-5-2-6-10-14)13-7-3-1-4-8-13/h12-13H,1-11H2. The Bertz CT molecular complexity index is 197. The van der Waals surface area contributed by atoms with Crippen LogP contribution < -0.4 is 0 Å². The summed E-state index contributed by atoms with van der Waals surface area (Å²) in [6, 6.07) is 0. The van der Waals surface area contributed by atoms with Crippen LogP contribution in [0.15, 0.2) is 0 Å². The van der Waals surface area contributed by atoms with Crippen LogP contribution in [0.25, 0.3) is 0 Å². The van der Waals surface area contributed by atoms with E-state index in [1.807, 2.05) is 0 Å². The van der Waals surface area contributed by atoms with Gasteiger partial charge in [-0.15, -0.1) is 0 Å². The molecular formula is C14H24O. The van der Waals surface area contributed by atoms with Crippen LogP contribution in [0.1, 0.15) is 70.6 Å². The first kappa shape index (κ1) is 11.2. The Morgan fingerprint density at radius 2 is 1.53 bits per heavy atom. The molecule has 0 spiro atoms. The van der Waals surface area contributed by atoms with E-state index in [9.17, 15) is 4.79 Å². The molecule has 0 heterocycles. The third-order valence-electron chi connectivity index (χ3n) is 4.81. The third kappa shape index (κ3) is 2.43. The van der Waals surface area contributed by atoms with Gasteiger partial charge >= 0.3 is 0 Å². The van der Waals surface area contributed by atoms with Crippen molar-refractivity contribution in [3.63, 3.8) is 0 Å². The first-order valence-corrected chi connectivity index (χ1v) is 6.81. The maximum Gasteiger partial charge on any atom is 0.120 e. The van der Waals surface area contributed by atoms with Gasteiger partial charge in [-0.2, -0.15) is 0 Å². The lowest BCUT2D eigenvalue weighted by Crippen LogP contribution is -2.34. The molecule has 0 atom stereocenters.